The molecule has 140 valence electrons. The number of aryl methyl sites for hydroxylation is 1. The second-order valence-corrected chi connectivity index (χ2v) is 6.23. The van der Waals surface area contributed by atoms with Crippen molar-refractivity contribution in [3.05, 3.63) is 95.3 Å². The maximum atomic E-state index is 13.0. The number of aromatic nitrogens is 1. The van der Waals surface area contributed by atoms with Gasteiger partial charge in [0.25, 0.3) is 5.91 Å². The Morgan fingerprint density at radius 2 is 1.82 bits per heavy atom. The molecule has 3 aromatic rings. The Morgan fingerprint density at radius 1 is 1.04 bits per heavy atom. The molecule has 0 saturated carbocycles. The van der Waals surface area contributed by atoms with Gasteiger partial charge in [-0.1, -0.05) is 35.9 Å². The highest BCUT2D eigenvalue weighted by molar-refractivity contribution is 6.31. The summed E-state index contributed by atoms with van der Waals surface area (Å²) >= 11 is 0. The molecule has 0 spiro atoms. The van der Waals surface area contributed by atoms with Crippen LogP contribution >= 0.6 is 0 Å². The first kappa shape index (κ1) is 19.0. The number of benzene rings is 2. The van der Waals surface area contributed by atoms with E-state index in [2.05, 4.69) is 10.3 Å². The molecule has 1 amide bonds. The summed E-state index contributed by atoms with van der Waals surface area (Å²) in [6.45, 7) is 1.98. The van der Waals surface area contributed by atoms with E-state index in [-0.39, 0.29) is 5.57 Å². The van der Waals surface area contributed by atoms with Crippen LogP contribution in [0.4, 0.5) is 5.69 Å². The number of ketones is 1. The van der Waals surface area contributed by atoms with Crippen LogP contribution in [-0.4, -0.2) is 23.8 Å². The Labute approximate surface area is 163 Å². The quantitative estimate of drug-likeness (QED) is 0.303. The highest BCUT2D eigenvalue weighted by Crippen LogP contribution is 2.19. The number of nitrogens with one attached hydrogen (secondary N) is 1. The second kappa shape index (κ2) is 8.77. The number of rotatable bonds is 6. The van der Waals surface area contributed by atoms with Gasteiger partial charge in [-0.2, -0.15) is 0 Å². The number of carbonyl (C=O) groups excluding carboxylic acids is 2. The summed E-state index contributed by atoms with van der Waals surface area (Å²) in [5, 5.41) is 2.77. The third-order valence-corrected chi connectivity index (χ3v) is 4.13. The van der Waals surface area contributed by atoms with E-state index in [1.165, 1.54) is 6.20 Å². The average molecular weight is 372 g/mol. The molecule has 0 aliphatic rings. The molecule has 0 aliphatic heterocycles. The third kappa shape index (κ3) is 4.71. The van der Waals surface area contributed by atoms with E-state index in [4.69, 9.17) is 4.74 Å². The summed E-state index contributed by atoms with van der Waals surface area (Å²) in [6.07, 6.45) is 4.62. The summed E-state index contributed by atoms with van der Waals surface area (Å²) in [7, 11) is 1.55. The minimum Gasteiger partial charge on any atom is -0.497 e. The fourth-order valence-corrected chi connectivity index (χ4v) is 2.62. The summed E-state index contributed by atoms with van der Waals surface area (Å²) in [5.41, 5.74) is 2.77. The molecule has 5 nitrogen and oxygen atoms in total. The first-order chi connectivity index (χ1) is 13.6. The molecule has 3 rings (SSSR count). The van der Waals surface area contributed by atoms with Crippen molar-refractivity contribution in [3.8, 4) is 5.75 Å². The van der Waals surface area contributed by atoms with Crippen molar-refractivity contribution in [1.82, 2.24) is 4.98 Å². The smallest absolute Gasteiger partial charge is 0.259 e. The Hall–Kier alpha value is -3.73. The molecule has 0 radical (unpaired) electrons. The van der Waals surface area contributed by atoms with Crippen LogP contribution in [0.5, 0.6) is 5.75 Å². The molecule has 0 bridgehead atoms. The lowest BCUT2D eigenvalue weighted by Gasteiger charge is -2.10. The largest absolute Gasteiger partial charge is 0.497 e. The number of hydrogen-bond donors (Lipinski definition) is 1. The van der Waals surface area contributed by atoms with Gasteiger partial charge in [0.05, 0.1) is 12.7 Å². The molecule has 2 aromatic carbocycles. The zero-order chi connectivity index (χ0) is 19.9. The Kier molecular flexibility index (Phi) is 5.97. The van der Waals surface area contributed by atoms with Crippen molar-refractivity contribution in [2.75, 3.05) is 12.4 Å². The van der Waals surface area contributed by atoms with Gasteiger partial charge in [-0.3, -0.25) is 14.6 Å². The molecule has 0 atom stereocenters. The summed E-state index contributed by atoms with van der Waals surface area (Å²) in [5.74, 6) is -0.280. The number of anilines is 1. The van der Waals surface area contributed by atoms with Crippen molar-refractivity contribution >= 4 is 23.5 Å². The van der Waals surface area contributed by atoms with Crippen LogP contribution in [0.25, 0.3) is 6.08 Å². The van der Waals surface area contributed by atoms with Crippen LogP contribution in [0.2, 0.25) is 0 Å². The SMILES string of the molecule is COc1cccc(NC(=O)/C(=C/c2ccc(C)cc2)C(=O)c2cccnc2)c1. The van der Waals surface area contributed by atoms with Crippen LogP contribution < -0.4 is 10.1 Å². The van der Waals surface area contributed by atoms with Crippen LogP contribution in [0.1, 0.15) is 21.5 Å². The van der Waals surface area contributed by atoms with Gasteiger partial charge in [0.1, 0.15) is 5.75 Å². The number of pyridine rings is 1. The van der Waals surface area contributed by atoms with Crippen LogP contribution in [0.15, 0.2) is 78.6 Å². The lowest BCUT2D eigenvalue weighted by Crippen LogP contribution is -2.21. The number of Topliss-reactive ketones (excluding diaryl/α,β-unsaturated/α-hetero) is 1. The molecule has 28 heavy (non-hydrogen) atoms. The summed E-state index contributed by atoms with van der Waals surface area (Å²) in [4.78, 5) is 29.9. The van der Waals surface area contributed by atoms with Crippen LogP contribution in [0, 0.1) is 6.92 Å². The van der Waals surface area contributed by atoms with Gasteiger partial charge in [-0.05, 0) is 42.8 Å². The predicted molar refractivity (Wildman–Crippen MR) is 109 cm³/mol. The maximum absolute atomic E-state index is 13.0. The molecule has 1 N–H and O–H groups in total. The van der Waals surface area contributed by atoms with E-state index >= 15 is 0 Å². The highest BCUT2D eigenvalue weighted by Gasteiger charge is 2.20. The van der Waals surface area contributed by atoms with Gasteiger partial charge in [0.2, 0.25) is 0 Å². The Bertz CT molecular complexity index is 1010. The normalized spacial score (nSPS) is 11.0. The lowest BCUT2D eigenvalue weighted by atomic mass is 10.0. The van der Waals surface area contributed by atoms with Gasteiger partial charge in [-0.25, -0.2) is 0 Å². The van der Waals surface area contributed by atoms with Crippen molar-refractivity contribution in [2.24, 2.45) is 0 Å². The molecule has 0 saturated heterocycles. The van der Waals surface area contributed by atoms with E-state index in [1.54, 1.807) is 55.8 Å². The standard InChI is InChI=1S/C23H20N2O3/c1-16-8-10-17(11-9-16)13-21(22(26)18-5-4-12-24-15-18)23(27)25-19-6-3-7-20(14-19)28-2/h3-15H,1-2H3,(H,25,27)/b21-13+. The molecule has 1 aromatic heterocycles. The number of nitrogens with zero attached hydrogens (tertiary/aromatic N) is 1. The molecular formula is C23H20N2O3. The number of ether oxygens (including phenoxy) is 1. The third-order valence-electron chi connectivity index (χ3n) is 4.13. The van der Waals surface area contributed by atoms with Crippen molar-refractivity contribution in [3.63, 3.8) is 0 Å². The fourth-order valence-electron chi connectivity index (χ4n) is 2.62. The molecule has 0 aliphatic carbocycles. The van der Waals surface area contributed by atoms with E-state index in [0.717, 1.165) is 11.1 Å². The Balaban J connectivity index is 1.96. The number of carbonyl (C=O) groups is 2. The molecule has 0 fully saturated rings. The second-order valence-electron chi connectivity index (χ2n) is 6.23. The summed E-state index contributed by atoms with van der Waals surface area (Å²) in [6, 6.07) is 17.9. The molecular weight excluding hydrogens is 352 g/mol. The van der Waals surface area contributed by atoms with Gasteiger partial charge >= 0.3 is 0 Å². The van der Waals surface area contributed by atoms with Gasteiger partial charge < -0.3 is 10.1 Å². The summed E-state index contributed by atoms with van der Waals surface area (Å²) < 4.78 is 5.18. The van der Waals surface area contributed by atoms with Crippen molar-refractivity contribution < 1.29 is 14.3 Å². The lowest BCUT2D eigenvalue weighted by molar-refractivity contribution is -0.112. The van der Waals surface area contributed by atoms with Gasteiger partial charge in [-0.15, -0.1) is 0 Å². The van der Waals surface area contributed by atoms with Gasteiger partial charge in [0, 0.05) is 29.7 Å². The van der Waals surface area contributed by atoms with Crippen molar-refractivity contribution in [2.45, 2.75) is 6.92 Å². The molecule has 1 heterocycles. The topological polar surface area (TPSA) is 68.3 Å². The predicted octanol–water partition coefficient (Wildman–Crippen LogP) is 4.30. The first-order valence-corrected chi connectivity index (χ1v) is 8.75. The van der Waals surface area contributed by atoms with Crippen LogP contribution in [-0.2, 0) is 4.79 Å². The molecule has 5 heteroatoms. The maximum Gasteiger partial charge on any atom is 0.259 e. The highest BCUT2D eigenvalue weighted by atomic mass is 16.5. The zero-order valence-corrected chi connectivity index (χ0v) is 15.7. The van der Waals surface area contributed by atoms with E-state index in [9.17, 15) is 9.59 Å². The van der Waals surface area contributed by atoms with Gasteiger partial charge in [0.15, 0.2) is 5.78 Å². The monoisotopic (exact) mass is 372 g/mol. The van der Waals surface area contributed by atoms with Crippen LogP contribution in [0.3, 0.4) is 0 Å². The van der Waals surface area contributed by atoms with Crippen molar-refractivity contribution in [1.29, 1.82) is 0 Å². The van der Waals surface area contributed by atoms with E-state index in [0.29, 0.717) is 17.0 Å². The minimum atomic E-state index is -0.498. The first-order valence-electron chi connectivity index (χ1n) is 8.75. The number of hydrogen-bond acceptors (Lipinski definition) is 4. The fraction of sp³-hybridized carbons (Fsp3) is 0.0870. The van der Waals surface area contributed by atoms with E-state index in [1.807, 2.05) is 31.2 Å². The number of methoxy groups -OCH3 is 1. The Morgan fingerprint density at radius 3 is 2.50 bits per heavy atom. The minimum absolute atomic E-state index is 0.0275. The number of amides is 1. The molecule has 0 unspecified atom stereocenters. The zero-order valence-electron chi connectivity index (χ0n) is 15.7. The van der Waals surface area contributed by atoms with E-state index < -0.39 is 11.7 Å². The average Bonchev–Trinajstić information content (AvgIpc) is 2.73.